The van der Waals surface area contributed by atoms with Gasteiger partial charge < -0.3 is 9.47 Å². The fraction of sp³-hybridized carbons (Fsp3) is 0.588. The van der Waals surface area contributed by atoms with Crippen LogP contribution in [0.1, 0.15) is 27.2 Å². The predicted molar refractivity (Wildman–Crippen MR) is 79.6 cm³/mol. The van der Waals surface area contributed by atoms with Crippen LogP contribution < -0.4 is 0 Å². The summed E-state index contributed by atoms with van der Waals surface area (Å²) in [5.74, 6) is -1.45. The lowest BCUT2D eigenvalue weighted by Crippen LogP contribution is -2.43. The molecule has 1 spiro atoms. The van der Waals surface area contributed by atoms with Crippen LogP contribution in [-0.2, 0) is 14.3 Å². The molecule has 1 fully saturated rings. The van der Waals surface area contributed by atoms with E-state index in [1.807, 2.05) is 13.8 Å². The molecule has 0 radical (unpaired) electrons. The summed E-state index contributed by atoms with van der Waals surface area (Å²) < 4.78 is 38.3. The maximum absolute atomic E-state index is 13.5. The van der Waals surface area contributed by atoms with Crippen molar-refractivity contribution in [2.45, 2.75) is 39.4 Å². The largest absolute Gasteiger partial charge is 0.344 e. The van der Waals surface area contributed by atoms with Crippen LogP contribution >= 0.6 is 0 Å². The maximum Gasteiger partial charge on any atom is 0.260 e. The molecule has 3 nitrogen and oxygen atoms in total. The van der Waals surface area contributed by atoms with Gasteiger partial charge in [0, 0.05) is 17.9 Å². The summed E-state index contributed by atoms with van der Waals surface area (Å²) in [6.07, 6.45) is 4.94. The van der Waals surface area contributed by atoms with E-state index in [1.165, 1.54) is 12.2 Å². The third kappa shape index (κ3) is 3.52. The van der Waals surface area contributed by atoms with Crippen LogP contribution in [0.25, 0.3) is 0 Å². The normalized spacial score (nSPS) is 27.6. The Morgan fingerprint density at radius 2 is 2.00 bits per heavy atom. The molecule has 0 bridgehead atoms. The Kier molecular flexibility index (Phi) is 4.97. The van der Waals surface area contributed by atoms with Gasteiger partial charge in [0.2, 0.25) is 0 Å². The molecule has 1 aliphatic carbocycles. The Labute approximate surface area is 129 Å². The van der Waals surface area contributed by atoms with Crippen LogP contribution in [0.4, 0.5) is 8.78 Å². The quantitative estimate of drug-likeness (QED) is 0.344. The SMILES string of the molecule is CC(C=CC1C(C(F)F)=CC2(CC1(C)C)OCCO2)=CC=O. The minimum atomic E-state index is -2.57. The molecule has 0 aromatic rings. The van der Waals surface area contributed by atoms with Gasteiger partial charge in [-0.15, -0.1) is 0 Å². The van der Waals surface area contributed by atoms with Crippen LogP contribution in [0.3, 0.4) is 0 Å². The minimum absolute atomic E-state index is 0.0216. The second kappa shape index (κ2) is 6.42. The number of carbonyl (C=O) groups excluding carboxylic acids is 1. The molecular formula is C17H22F2O3. The van der Waals surface area contributed by atoms with Gasteiger partial charge in [-0.1, -0.05) is 26.0 Å². The van der Waals surface area contributed by atoms with Gasteiger partial charge in [-0.25, -0.2) is 8.78 Å². The van der Waals surface area contributed by atoms with E-state index < -0.39 is 23.5 Å². The number of hydrogen-bond acceptors (Lipinski definition) is 3. The monoisotopic (exact) mass is 312 g/mol. The lowest BCUT2D eigenvalue weighted by Gasteiger charge is -2.44. The number of hydrogen-bond donors (Lipinski definition) is 0. The molecule has 1 heterocycles. The standard InChI is InChI=1S/C17H22F2O3/c1-12(6-7-20)4-5-14-13(15(18)19)10-17(11-16(14,2)3)21-8-9-22-17/h4-7,10,14-15H,8-9,11H2,1-3H3. The molecule has 2 aliphatic rings. The van der Waals surface area contributed by atoms with Gasteiger partial charge in [-0.2, -0.15) is 0 Å². The fourth-order valence-corrected chi connectivity index (χ4v) is 3.23. The first-order valence-electron chi connectivity index (χ1n) is 7.39. The number of ether oxygens (including phenoxy) is 2. The molecule has 0 aromatic heterocycles. The van der Waals surface area contributed by atoms with Gasteiger partial charge in [-0.05, 0) is 30.1 Å². The van der Waals surface area contributed by atoms with Gasteiger partial charge in [0.25, 0.3) is 6.43 Å². The van der Waals surface area contributed by atoms with Crippen molar-refractivity contribution >= 4 is 6.29 Å². The number of allylic oxidation sites excluding steroid dienone is 5. The van der Waals surface area contributed by atoms with Gasteiger partial charge in [0.15, 0.2) is 5.79 Å². The molecule has 1 unspecified atom stereocenters. The van der Waals surface area contributed by atoms with Crippen molar-refractivity contribution in [1.82, 2.24) is 0 Å². The molecule has 0 amide bonds. The highest BCUT2D eigenvalue weighted by Crippen LogP contribution is 2.50. The summed E-state index contributed by atoms with van der Waals surface area (Å²) in [6.45, 7) is 6.47. The summed E-state index contributed by atoms with van der Waals surface area (Å²) in [6, 6.07) is 0. The van der Waals surface area contributed by atoms with Crippen molar-refractivity contribution in [3.63, 3.8) is 0 Å². The van der Waals surface area contributed by atoms with Crippen molar-refractivity contribution in [3.8, 4) is 0 Å². The number of alkyl halides is 2. The molecule has 0 aromatic carbocycles. The second-order valence-electron chi connectivity index (χ2n) is 6.50. The lowest BCUT2D eigenvalue weighted by atomic mass is 9.66. The summed E-state index contributed by atoms with van der Waals surface area (Å²) in [5.41, 5.74) is 0.310. The van der Waals surface area contributed by atoms with Gasteiger partial charge >= 0.3 is 0 Å². The van der Waals surface area contributed by atoms with E-state index in [0.29, 0.717) is 25.9 Å². The van der Waals surface area contributed by atoms with Crippen molar-refractivity contribution in [2.75, 3.05) is 13.2 Å². The van der Waals surface area contributed by atoms with Crippen LogP contribution in [0.15, 0.2) is 35.5 Å². The van der Waals surface area contributed by atoms with E-state index in [9.17, 15) is 13.6 Å². The second-order valence-corrected chi connectivity index (χ2v) is 6.50. The van der Waals surface area contributed by atoms with Crippen LogP contribution in [0, 0.1) is 11.3 Å². The van der Waals surface area contributed by atoms with E-state index in [1.54, 1.807) is 19.1 Å². The number of rotatable bonds is 4. The Morgan fingerprint density at radius 3 is 2.55 bits per heavy atom. The van der Waals surface area contributed by atoms with Crippen LogP contribution in [-0.4, -0.2) is 31.7 Å². The highest BCUT2D eigenvalue weighted by Gasteiger charge is 2.49. The zero-order valence-corrected chi connectivity index (χ0v) is 13.1. The first-order chi connectivity index (χ1) is 10.3. The molecule has 5 heteroatoms. The number of carbonyl (C=O) groups is 1. The van der Waals surface area contributed by atoms with Crippen LogP contribution in [0.5, 0.6) is 0 Å². The van der Waals surface area contributed by atoms with E-state index >= 15 is 0 Å². The third-order valence-electron chi connectivity index (χ3n) is 4.20. The first kappa shape index (κ1) is 17.0. The molecule has 0 saturated carbocycles. The summed E-state index contributed by atoms with van der Waals surface area (Å²) in [7, 11) is 0. The highest BCUT2D eigenvalue weighted by molar-refractivity contribution is 5.66. The van der Waals surface area contributed by atoms with E-state index in [-0.39, 0.29) is 5.57 Å². The van der Waals surface area contributed by atoms with Crippen molar-refractivity contribution in [1.29, 1.82) is 0 Å². The zero-order valence-electron chi connectivity index (χ0n) is 13.1. The molecule has 22 heavy (non-hydrogen) atoms. The minimum Gasteiger partial charge on any atom is -0.344 e. The fourth-order valence-electron chi connectivity index (χ4n) is 3.23. The summed E-state index contributed by atoms with van der Waals surface area (Å²) >= 11 is 0. The zero-order chi connectivity index (χ0) is 16.4. The van der Waals surface area contributed by atoms with Crippen molar-refractivity contribution < 1.29 is 23.0 Å². The summed E-state index contributed by atoms with van der Waals surface area (Å²) in [4.78, 5) is 10.5. The van der Waals surface area contributed by atoms with E-state index in [2.05, 4.69) is 0 Å². The average molecular weight is 312 g/mol. The molecule has 1 saturated heterocycles. The highest BCUT2D eigenvalue weighted by atomic mass is 19.3. The summed E-state index contributed by atoms with van der Waals surface area (Å²) in [5, 5.41) is 0. The molecule has 122 valence electrons. The van der Waals surface area contributed by atoms with E-state index in [4.69, 9.17) is 9.47 Å². The molecular weight excluding hydrogens is 290 g/mol. The maximum atomic E-state index is 13.5. The van der Waals surface area contributed by atoms with Crippen molar-refractivity contribution in [2.24, 2.45) is 11.3 Å². The molecule has 1 atom stereocenters. The molecule has 0 N–H and O–H groups in total. The number of aldehydes is 1. The molecule has 1 aliphatic heterocycles. The van der Waals surface area contributed by atoms with Crippen LogP contribution in [0.2, 0.25) is 0 Å². The Hall–Kier alpha value is -1.33. The predicted octanol–water partition coefficient (Wildman–Crippen LogP) is 3.67. The average Bonchev–Trinajstić information content (AvgIpc) is 2.84. The number of halogens is 2. The third-order valence-corrected chi connectivity index (χ3v) is 4.20. The van der Waals surface area contributed by atoms with Gasteiger partial charge in [-0.3, -0.25) is 4.79 Å². The first-order valence-corrected chi connectivity index (χ1v) is 7.39. The smallest absolute Gasteiger partial charge is 0.260 e. The molecule has 2 rings (SSSR count). The topological polar surface area (TPSA) is 35.5 Å². The Balaban J connectivity index is 2.37. The van der Waals surface area contributed by atoms with Crippen molar-refractivity contribution in [3.05, 3.63) is 35.5 Å². The van der Waals surface area contributed by atoms with Gasteiger partial charge in [0.05, 0.1) is 13.2 Å². The Morgan fingerprint density at radius 1 is 1.36 bits per heavy atom. The van der Waals surface area contributed by atoms with Gasteiger partial charge in [0.1, 0.15) is 6.29 Å². The lowest BCUT2D eigenvalue weighted by molar-refractivity contribution is -0.151. The van der Waals surface area contributed by atoms with E-state index in [0.717, 1.165) is 5.57 Å². The Bertz CT molecular complexity index is 512.